The second kappa shape index (κ2) is 13.5. The Kier molecular flexibility index (Phi) is 9.46. The maximum absolute atomic E-state index is 13.6. The predicted molar refractivity (Wildman–Crippen MR) is 174 cm³/mol. The first-order valence-corrected chi connectivity index (χ1v) is 15.4. The number of nitrogens with one attached hydrogen (secondary N) is 2. The van der Waals surface area contributed by atoms with E-state index in [9.17, 15) is 19.2 Å². The van der Waals surface area contributed by atoms with Crippen molar-refractivity contribution >= 4 is 35.0 Å². The molecule has 0 spiro atoms. The van der Waals surface area contributed by atoms with E-state index in [1.54, 1.807) is 46.0 Å². The molecule has 46 heavy (non-hydrogen) atoms. The average Bonchev–Trinajstić information content (AvgIpc) is 3.55. The number of carbonyl (C=O) groups excluding carboxylic acids is 4. The van der Waals surface area contributed by atoms with Crippen LogP contribution in [0.2, 0.25) is 0 Å². The highest BCUT2D eigenvalue weighted by molar-refractivity contribution is 5.94. The molecule has 3 aromatic carbocycles. The Morgan fingerprint density at radius 1 is 0.848 bits per heavy atom. The van der Waals surface area contributed by atoms with E-state index in [1.807, 2.05) is 60.7 Å². The number of benzene rings is 3. The Labute approximate surface area is 268 Å². The fraction of sp³-hybridized carbons (Fsp3) is 0.333. The van der Waals surface area contributed by atoms with Crippen LogP contribution in [0.4, 0.5) is 9.59 Å². The lowest BCUT2D eigenvalue weighted by Gasteiger charge is -2.21. The van der Waals surface area contributed by atoms with E-state index in [2.05, 4.69) is 10.6 Å². The highest BCUT2D eigenvalue weighted by Gasteiger charge is 2.31. The van der Waals surface area contributed by atoms with Gasteiger partial charge in [0.05, 0.1) is 12.1 Å². The minimum atomic E-state index is -1.15. The fourth-order valence-corrected chi connectivity index (χ4v) is 5.73. The first-order valence-electron chi connectivity index (χ1n) is 15.4. The van der Waals surface area contributed by atoms with Crippen LogP contribution in [0.1, 0.15) is 57.2 Å². The molecule has 2 N–H and O–H groups in total. The highest BCUT2D eigenvalue weighted by atomic mass is 16.6. The summed E-state index contributed by atoms with van der Waals surface area (Å²) >= 11 is 0. The van der Waals surface area contributed by atoms with Gasteiger partial charge in [0.1, 0.15) is 24.3 Å². The van der Waals surface area contributed by atoms with Gasteiger partial charge in [0, 0.05) is 23.9 Å². The number of esters is 1. The van der Waals surface area contributed by atoms with Gasteiger partial charge < -0.3 is 24.8 Å². The van der Waals surface area contributed by atoms with Gasteiger partial charge in [0.25, 0.3) is 0 Å². The molecular weight excluding hydrogens is 586 g/mol. The van der Waals surface area contributed by atoms with Crippen molar-refractivity contribution in [2.75, 3.05) is 13.2 Å². The number of carbonyl (C=O) groups is 4. The lowest BCUT2D eigenvalue weighted by atomic mass is 9.98. The van der Waals surface area contributed by atoms with Crippen LogP contribution in [0.3, 0.4) is 0 Å². The second-order valence-corrected chi connectivity index (χ2v) is 12.2. The molecule has 0 unspecified atom stereocenters. The number of rotatable bonds is 9. The molecule has 2 atom stereocenters. The first kappa shape index (κ1) is 32.3. The third kappa shape index (κ3) is 7.06. The van der Waals surface area contributed by atoms with E-state index < -0.39 is 41.7 Å². The van der Waals surface area contributed by atoms with Crippen LogP contribution in [0.25, 0.3) is 22.0 Å². The summed E-state index contributed by atoms with van der Waals surface area (Å²) in [7, 11) is 0. The van der Waals surface area contributed by atoms with Gasteiger partial charge >= 0.3 is 18.2 Å². The molecule has 4 aromatic rings. The van der Waals surface area contributed by atoms with Gasteiger partial charge in [0.15, 0.2) is 0 Å². The lowest BCUT2D eigenvalue weighted by Crippen LogP contribution is -2.52. The second-order valence-electron chi connectivity index (χ2n) is 12.2. The number of alkyl carbamates (subject to hydrolysis) is 1. The number of hydrogen-bond acceptors (Lipinski definition) is 7. The molecule has 10 heteroatoms. The Bertz CT molecular complexity index is 1730. The molecular formula is C36H39N3O7. The van der Waals surface area contributed by atoms with Gasteiger partial charge in [-0.1, -0.05) is 66.7 Å². The van der Waals surface area contributed by atoms with Crippen molar-refractivity contribution in [3.05, 3.63) is 95.7 Å². The number of amides is 2. The van der Waals surface area contributed by atoms with Crippen LogP contribution < -0.4 is 10.6 Å². The summed E-state index contributed by atoms with van der Waals surface area (Å²) < 4.78 is 17.8. The van der Waals surface area contributed by atoms with Crippen molar-refractivity contribution in [1.29, 1.82) is 0 Å². The molecule has 1 aromatic heterocycles. The largest absolute Gasteiger partial charge is 0.464 e. The number of para-hydroxylation sites is 1. The van der Waals surface area contributed by atoms with E-state index in [4.69, 9.17) is 14.2 Å². The molecule has 5 rings (SSSR count). The SMILES string of the molecule is CCOC(=O)[C@H](C)NC(=O)[C@H](Cc1cn(C(=O)OC(C)(C)C)c2ccccc12)NC(=O)OCC1c2ccccc2-c2ccccc21. The molecule has 1 heterocycles. The topological polar surface area (TPSA) is 125 Å². The Balaban J connectivity index is 1.38. The van der Waals surface area contributed by atoms with Gasteiger partial charge in [-0.25, -0.2) is 14.4 Å². The summed E-state index contributed by atoms with van der Waals surface area (Å²) in [5.74, 6) is -1.37. The zero-order chi connectivity index (χ0) is 33.0. The minimum Gasteiger partial charge on any atom is -0.464 e. The Morgan fingerprint density at radius 2 is 1.46 bits per heavy atom. The van der Waals surface area contributed by atoms with E-state index in [0.717, 1.165) is 22.3 Å². The summed E-state index contributed by atoms with van der Waals surface area (Å²) in [4.78, 5) is 52.2. The van der Waals surface area contributed by atoms with E-state index in [0.29, 0.717) is 16.5 Å². The smallest absolute Gasteiger partial charge is 0.419 e. The van der Waals surface area contributed by atoms with E-state index >= 15 is 0 Å². The molecule has 2 amide bonds. The van der Waals surface area contributed by atoms with E-state index in [1.165, 1.54) is 11.5 Å². The maximum Gasteiger partial charge on any atom is 0.419 e. The molecule has 10 nitrogen and oxygen atoms in total. The highest BCUT2D eigenvalue weighted by Crippen LogP contribution is 2.44. The predicted octanol–water partition coefficient (Wildman–Crippen LogP) is 5.94. The van der Waals surface area contributed by atoms with E-state index in [-0.39, 0.29) is 25.6 Å². The molecule has 0 saturated carbocycles. The fourth-order valence-electron chi connectivity index (χ4n) is 5.73. The van der Waals surface area contributed by atoms with Crippen molar-refractivity contribution in [2.45, 2.75) is 64.6 Å². The molecule has 0 aliphatic heterocycles. The number of aromatic nitrogens is 1. The van der Waals surface area contributed by atoms with Gasteiger partial charge in [0.2, 0.25) is 5.91 Å². The van der Waals surface area contributed by atoms with Crippen LogP contribution in [-0.2, 0) is 30.2 Å². The zero-order valence-electron chi connectivity index (χ0n) is 26.7. The molecule has 0 bridgehead atoms. The molecule has 240 valence electrons. The number of hydrogen-bond donors (Lipinski definition) is 2. The molecule has 1 aliphatic carbocycles. The lowest BCUT2D eigenvalue weighted by molar-refractivity contribution is -0.147. The van der Waals surface area contributed by atoms with Gasteiger partial charge in [-0.15, -0.1) is 0 Å². The van der Waals surface area contributed by atoms with Crippen LogP contribution in [0.15, 0.2) is 79.0 Å². The van der Waals surface area contributed by atoms with Gasteiger partial charge in [-0.3, -0.25) is 9.36 Å². The van der Waals surface area contributed by atoms with Crippen molar-refractivity contribution in [3.63, 3.8) is 0 Å². The summed E-state index contributed by atoms with van der Waals surface area (Å²) in [5, 5.41) is 6.05. The third-order valence-corrected chi connectivity index (χ3v) is 7.76. The normalized spacial score (nSPS) is 13.7. The van der Waals surface area contributed by atoms with Crippen molar-refractivity contribution in [2.24, 2.45) is 0 Å². The first-order chi connectivity index (χ1) is 22.0. The standard InChI is InChI=1S/C36H39N3O7/c1-6-44-33(41)22(2)37-32(40)30(19-23-20-39(35(43)46-36(3,4)5)31-18-12-11-13-24(23)31)38-34(42)45-21-29-27-16-9-7-14-25(27)26-15-8-10-17-28(26)29/h7-18,20,22,29-30H,6,19,21H2,1-5H3,(H,37,40)(H,38,42)/t22-,30-/m0/s1. The molecule has 0 radical (unpaired) electrons. The van der Waals surface area contributed by atoms with Crippen LogP contribution in [0.5, 0.6) is 0 Å². The quantitative estimate of drug-likeness (QED) is 0.174. The van der Waals surface area contributed by atoms with Crippen LogP contribution >= 0.6 is 0 Å². The van der Waals surface area contributed by atoms with Gasteiger partial charge in [-0.2, -0.15) is 0 Å². The average molecular weight is 626 g/mol. The van der Waals surface area contributed by atoms with Crippen molar-refractivity contribution < 1.29 is 33.4 Å². The number of fused-ring (bicyclic) bond motifs is 4. The maximum atomic E-state index is 13.6. The number of nitrogens with zero attached hydrogens (tertiary/aromatic N) is 1. The third-order valence-electron chi connectivity index (χ3n) is 7.76. The zero-order valence-corrected chi connectivity index (χ0v) is 26.7. The Hall–Kier alpha value is -5.12. The number of ether oxygens (including phenoxy) is 3. The summed E-state index contributed by atoms with van der Waals surface area (Å²) in [5.41, 5.74) is 4.79. The summed E-state index contributed by atoms with van der Waals surface area (Å²) in [6.45, 7) is 8.74. The molecule has 0 saturated heterocycles. The molecule has 0 fully saturated rings. The van der Waals surface area contributed by atoms with Crippen LogP contribution in [0, 0.1) is 0 Å². The van der Waals surface area contributed by atoms with Crippen molar-refractivity contribution in [3.8, 4) is 11.1 Å². The van der Waals surface area contributed by atoms with Crippen molar-refractivity contribution in [1.82, 2.24) is 15.2 Å². The van der Waals surface area contributed by atoms with Gasteiger partial charge in [-0.05, 0) is 68.5 Å². The summed E-state index contributed by atoms with van der Waals surface area (Å²) in [6.07, 6.45) is 0.243. The molecule has 1 aliphatic rings. The summed E-state index contributed by atoms with van der Waals surface area (Å²) in [6, 6.07) is 21.1. The Morgan fingerprint density at radius 3 is 2.09 bits per heavy atom. The van der Waals surface area contributed by atoms with Crippen LogP contribution in [-0.4, -0.2) is 59.5 Å². The minimum absolute atomic E-state index is 0.00187. The monoisotopic (exact) mass is 625 g/mol.